The fourth-order valence-electron chi connectivity index (χ4n) is 2.52. The highest BCUT2D eigenvalue weighted by molar-refractivity contribution is 9.10. The summed E-state index contributed by atoms with van der Waals surface area (Å²) in [7, 11) is 0. The van der Waals surface area contributed by atoms with Gasteiger partial charge in [0, 0.05) is 6.54 Å². The quantitative estimate of drug-likeness (QED) is 0.869. The van der Waals surface area contributed by atoms with Crippen LogP contribution in [0.5, 0.6) is 0 Å². The number of rotatable bonds is 4. The van der Waals surface area contributed by atoms with Crippen molar-refractivity contribution in [1.29, 1.82) is 0 Å². The lowest BCUT2D eigenvalue weighted by molar-refractivity contribution is 0.0851. The second kappa shape index (κ2) is 4.90. The van der Waals surface area contributed by atoms with Gasteiger partial charge in [-0.05, 0) is 48.7 Å². The van der Waals surface area contributed by atoms with Crippen molar-refractivity contribution in [1.82, 2.24) is 15.1 Å². The van der Waals surface area contributed by atoms with Crippen LogP contribution in [0.1, 0.15) is 43.6 Å². The highest BCUT2D eigenvalue weighted by Gasteiger charge is 2.41. The van der Waals surface area contributed by atoms with Gasteiger partial charge in [-0.15, -0.1) is 0 Å². The van der Waals surface area contributed by atoms with Crippen LogP contribution >= 0.6 is 15.9 Å². The molecule has 0 saturated carbocycles. The predicted molar refractivity (Wildman–Crippen MR) is 70.2 cm³/mol. The summed E-state index contributed by atoms with van der Waals surface area (Å²) >= 11 is 3.43. The molecule has 0 aliphatic carbocycles. The summed E-state index contributed by atoms with van der Waals surface area (Å²) in [6.07, 6.45) is 4.52. The molecule has 0 radical (unpaired) electrons. The lowest BCUT2D eigenvalue weighted by Crippen LogP contribution is -2.47. The van der Waals surface area contributed by atoms with E-state index in [-0.39, 0.29) is 11.3 Å². The zero-order valence-corrected chi connectivity index (χ0v) is 11.9. The molecule has 1 saturated heterocycles. The molecule has 1 fully saturated rings. The Bertz CT molecular complexity index is 421. The van der Waals surface area contributed by atoms with Crippen molar-refractivity contribution in [3.8, 4) is 0 Å². The zero-order valence-electron chi connectivity index (χ0n) is 10.3. The van der Waals surface area contributed by atoms with Crippen LogP contribution in [0.15, 0.2) is 10.7 Å². The number of Topliss-reactive ketones (excluding diaryl/α,β-unsaturated/α-hetero) is 1. The van der Waals surface area contributed by atoms with Gasteiger partial charge < -0.3 is 5.32 Å². The third-order valence-electron chi connectivity index (χ3n) is 3.59. The maximum absolute atomic E-state index is 12.7. The first-order chi connectivity index (χ1) is 8.14. The van der Waals surface area contributed by atoms with Crippen LogP contribution in [0.2, 0.25) is 0 Å². The maximum Gasteiger partial charge on any atom is 0.201 e. The van der Waals surface area contributed by atoms with Crippen LogP contribution in [0, 0.1) is 0 Å². The molecule has 1 unspecified atom stereocenters. The minimum absolute atomic E-state index is 0.170. The van der Waals surface area contributed by atoms with Crippen LogP contribution in [0.4, 0.5) is 0 Å². The molecule has 1 aromatic heterocycles. The number of ketones is 1. The highest BCUT2D eigenvalue weighted by atomic mass is 79.9. The minimum atomic E-state index is -0.379. The second-order valence-corrected chi connectivity index (χ2v) is 5.31. The molecule has 2 heterocycles. The second-order valence-electron chi connectivity index (χ2n) is 4.45. The first-order valence-electron chi connectivity index (χ1n) is 6.15. The van der Waals surface area contributed by atoms with E-state index in [2.05, 4.69) is 33.3 Å². The number of carbonyl (C=O) groups is 1. The van der Waals surface area contributed by atoms with Crippen molar-refractivity contribution < 1.29 is 4.79 Å². The van der Waals surface area contributed by atoms with Crippen molar-refractivity contribution in [2.24, 2.45) is 0 Å². The van der Waals surface area contributed by atoms with Crippen LogP contribution in [0.25, 0.3) is 0 Å². The van der Waals surface area contributed by atoms with E-state index < -0.39 is 0 Å². The average molecular weight is 300 g/mol. The number of aromatic nitrogens is 2. The molecule has 4 nitrogen and oxygen atoms in total. The molecular weight excluding hydrogens is 282 g/mol. The normalized spacial score (nSPS) is 24.2. The topological polar surface area (TPSA) is 46.9 Å². The van der Waals surface area contributed by atoms with Crippen LogP contribution in [-0.2, 0) is 6.54 Å². The lowest BCUT2D eigenvalue weighted by Gasteiger charge is -2.26. The van der Waals surface area contributed by atoms with Gasteiger partial charge >= 0.3 is 0 Å². The van der Waals surface area contributed by atoms with E-state index in [1.54, 1.807) is 10.9 Å². The number of carbonyl (C=O) groups excluding carboxylic acids is 1. The number of hydrogen-bond donors (Lipinski definition) is 1. The maximum atomic E-state index is 12.7. The van der Waals surface area contributed by atoms with Gasteiger partial charge in [0.2, 0.25) is 5.78 Å². The van der Waals surface area contributed by atoms with Crippen molar-refractivity contribution in [2.45, 2.75) is 45.2 Å². The summed E-state index contributed by atoms with van der Waals surface area (Å²) in [6, 6.07) is 0. The van der Waals surface area contributed by atoms with Gasteiger partial charge in [-0.1, -0.05) is 6.92 Å². The SMILES string of the molecule is CCn1ncc(Br)c1C(=O)C1(CC)CCCN1. The van der Waals surface area contributed by atoms with Gasteiger partial charge in [-0.25, -0.2) is 0 Å². The minimum Gasteiger partial charge on any atom is -0.305 e. The zero-order chi connectivity index (χ0) is 12.5. The molecule has 2 rings (SSSR count). The monoisotopic (exact) mass is 299 g/mol. The summed E-state index contributed by atoms with van der Waals surface area (Å²) in [5.74, 6) is 0.170. The van der Waals surface area contributed by atoms with Crippen molar-refractivity contribution >= 4 is 21.7 Å². The van der Waals surface area contributed by atoms with E-state index in [9.17, 15) is 4.79 Å². The number of aryl methyl sites for hydroxylation is 1. The van der Waals surface area contributed by atoms with E-state index in [0.29, 0.717) is 12.2 Å². The van der Waals surface area contributed by atoms with Gasteiger partial charge in [-0.2, -0.15) is 5.10 Å². The Morgan fingerprint density at radius 2 is 2.41 bits per heavy atom. The molecule has 1 atom stereocenters. The molecular formula is C12H18BrN3O. The summed E-state index contributed by atoms with van der Waals surface area (Å²) in [5.41, 5.74) is 0.318. The Balaban J connectivity index is 2.38. The first kappa shape index (κ1) is 12.8. The average Bonchev–Trinajstić information content (AvgIpc) is 2.95. The van der Waals surface area contributed by atoms with E-state index in [0.717, 1.165) is 30.3 Å². The fraction of sp³-hybridized carbons (Fsp3) is 0.667. The van der Waals surface area contributed by atoms with Crippen LogP contribution in [-0.4, -0.2) is 27.6 Å². The standard InChI is InChI=1S/C12H18BrN3O/c1-3-12(6-5-7-14-12)11(17)10-9(13)8-15-16(10)4-2/h8,14H,3-7H2,1-2H3. The fourth-order valence-corrected chi connectivity index (χ4v) is 2.99. The molecule has 1 aliphatic rings. The Labute approximate surface area is 110 Å². The molecule has 1 N–H and O–H groups in total. The molecule has 0 aromatic carbocycles. The third-order valence-corrected chi connectivity index (χ3v) is 4.17. The molecule has 0 bridgehead atoms. The number of nitrogens with zero attached hydrogens (tertiary/aromatic N) is 2. The smallest absolute Gasteiger partial charge is 0.201 e. The van der Waals surface area contributed by atoms with Crippen LogP contribution in [0.3, 0.4) is 0 Å². The predicted octanol–water partition coefficient (Wildman–Crippen LogP) is 2.38. The number of hydrogen-bond acceptors (Lipinski definition) is 3. The summed E-state index contributed by atoms with van der Waals surface area (Å²) in [5, 5.41) is 7.59. The van der Waals surface area contributed by atoms with E-state index >= 15 is 0 Å². The van der Waals surface area contributed by atoms with E-state index in [1.165, 1.54) is 0 Å². The highest BCUT2D eigenvalue weighted by Crippen LogP contribution is 2.30. The largest absolute Gasteiger partial charge is 0.305 e. The molecule has 0 amide bonds. The van der Waals surface area contributed by atoms with Crippen molar-refractivity contribution in [2.75, 3.05) is 6.54 Å². The van der Waals surface area contributed by atoms with Gasteiger partial charge in [0.25, 0.3) is 0 Å². The lowest BCUT2D eigenvalue weighted by atomic mass is 9.87. The third kappa shape index (κ3) is 2.06. The van der Waals surface area contributed by atoms with Crippen molar-refractivity contribution in [3.63, 3.8) is 0 Å². The Morgan fingerprint density at radius 3 is 2.94 bits per heavy atom. The number of halogens is 1. The molecule has 5 heteroatoms. The Hall–Kier alpha value is -0.680. The summed E-state index contributed by atoms with van der Waals surface area (Å²) in [4.78, 5) is 12.7. The molecule has 0 spiro atoms. The summed E-state index contributed by atoms with van der Waals surface area (Å²) < 4.78 is 2.56. The van der Waals surface area contributed by atoms with E-state index in [1.807, 2.05) is 6.92 Å². The van der Waals surface area contributed by atoms with Gasteiger partial charge in [0.05, 0.1) is 16.2 Å². The van der Waals surface area contributed by atoms with Gasteiger partial charge in [0.1, 0.15) is 5.69 Å². The molecule has 1 aliphatic heterocycles. The van der Waals surface area contributed by atoms with Gasteiger partial charge in [-0.3, -0.25) is 9.48 Å². The molecule has 94 valence electrons. The number of nitrogens with one attached hydrogen (secondary N) is 1. The Morgan fingerprint density at radius 1 is 1.65 bits per heavy atom. The van der Waals surface area contributed by atoms with E-state index in [4.69, 9.17) is 0 Å². The summed E-state index contributed by atoms with van der Waals surface area (Å²) in [6.45, 7) is 5.71. The molecule has 17 heavy (non-hydrogen) atoms. The Kier molecular flexibility index (Phi) is 3.68. The van der Waals surface area contributed by atoms with Crippen molar-refractivity contribution in [3.05, 3.63) is 16.4 Å². The first-order valence-corrected chi connectivity index (χ1v) is 6.95. The molecule has 1 aromatic rings. The van der Waals surface area contributed by atoms with Crippen LogP contribution < -0.4 is 5.32 Å². The van der Waals surface area contributed by atoms with Gasteiger partial charge in [0.15, 0.2) is 0 Å².